The number of ether oxygens (including phenoxy) is 2. The number of para-hydroxylation sites is 1. The summed E-state index contributed by atoms with van der Waals surface area (Å²) in [7, 11) is 0. The molecule has 0 radical (unpaired) electrons. The Bertz CT molecular complexity index is 428. The molecule has 19 heavy (non-hydrogen) atoms. The number of nitrogens with two attached hydrogens (primary N) is 1. The van der Waals surface area contributed by atoms with Crippen molar-refractivity contribution in [3.8, 4) is 11.5 Å². The van der Waals surface area contributed by atoms with Crippen LogP contribution in [0.25, 0.3) is 0 Å². The smallest absolute Gasteiger partial charge is 0.165 e. The van der Waals surface area contributed by atoms with Gasteiger partial charge in [-0.3, -0.25) is 0 Å². The highest BCUT2D eigenvalue weighted by molar-refractivity contribution is 5.47. The first kappa shape index (κ1) is 12.8. The van der Waals surface area contributed by atoms with Gasteiger partial charge in [0.15, 0.2) is 11.5 Å². The highest BCUT2D eigenvalue weighted by Gasteiger charge is 2.20. The molecule has 0 atom stereocenters. The molecule has 0 aromatic heterocycles. The Morgan fingerprint density at radius 3 is 2.74 bits per heavy atom. The highest BCUT2D eigenvalue weighted by Crippen LogP contribution is 2.33. The average molecular weight is 262 g/mol. The van der Waals surface area contributed by atoms with Gasteiger partial charge in [-0.25, -0.2) is 0 Å². The molecular weight excluding hydrogens is 240 g/mol. The standard InChI is InChI=1S/C15H22N2O2/c16-12-4-6-13(7-5-12)17-10-11-2-1-3-14-15(11)19-9-8-18-14/h1-3,12-13,17H,4-10,16H2. The zero-order chi connectivity index (χ0) is 13.1. The van der Waals surface area contributed by atoms with Crippen molar-refractivity contribution < 1.29 is 9.47 Å². The number of nitrogens with one attached hydrogen (secondary N) is 1. The lowest BCUT2D eigenvalue weighted by atomic mass is 9.92. The van der Waals surface area contributed by atoms with Crippen molar-refractivity contribution in [2.45, 2.75) is 44.3 Å². The van der Waals surface area contributed by atoms with E-state index < -0.39 is 0 Å². The molecule has 104 valence electrons. The van der Waals surface area contributed by atoms with Crippen molar-refractivity contribution in [1.82, 2.24) is 5.32 Å². The summed E-state index contributed by atoms with van der Waals surface area (Å²) in [6.07, 6.45) is 4.61. The minimum Gasteiger partial charge on any atom is -0.486 e. The summed E-state index contributed by atoms with van der Waals surface area (Å²) in [5.41, 5.74) is 7.12. The second kappa shape index (κ2) is 5.80. The topological polar surface area (TPSA) is 56.5 Å². The van der Waals surface area contributed by atoms with Gasteiger partial charge in [0.25, 0.3) is 0 Å². The van der Waals surface area contributed by atoms with Gasteiger partial charge >= 0.3 is 0 Å². The third kappa shape index (κ3) is 3.01. The van der Waals surface area contributed by atoms with Crippen LogP contribution in [0, 0.1) is 0 Å². The Labute approximate surface area is 114 Å². The normalized spacial score (nSPS) is 26.2. The van der Waals surface area contributed by atoms with Crippen LogP contribution in [0.15, 0.2) is 18.2 Å². The van der Waals surface area contributed by atoms with E-state index in [-0.39, 0.29) is 0 Å². The van der Waals surface area contributed by atoms with Crippen LogP contribution < -0.4 is 20.5 Å². The largest absolute Gasteiger partial charge is 0.486 e. The lowest BCUT2D eigenvalue weighted by Crippen LogP contribution is -2.37. The van der Waals surface area contributed by atoms with E-state index in [9.17, 15) is 0 Å². The maximum atomic E-state index is 5.93. The van der Waals surface area contributed by atoms with E-state index in [1.54, 1.807) is 0 Å². The molecule has 0 saturated heterocycles. The van der Waals surface area contributed by atoms with Crippen molar-refractivity contribution in [3.05, 3.63) is 23.8 Å². The third-order valence-corrected chi connectivity index (χ3v) is 4.00. The lowest BCUT2D eigenvalue weighted by Gasteiger charge is -2.27. The quantitative estimate of drug-likeness (QED) is 0.872. The summed E-state index contributed by atoms with van der Waals surface area (Å²) >= 11 is 0. The summed E-state index contributed by atoms with van der Waals surface area (Å²) < 4.78 is 11.3. The number of hydrogen-bond donors (Lipinski definition) is 2. The van der Waals surface area contributed by atoms with E-state index in [0.717, 1.165) is 30.9 Å². The van der Waals surface area contributed by atoms with Gasteiger partial charge < -0.3 is 20.5 Å². The number of fused-ring (bicyclic) bond motifs is 1. The van der Waals surface area contributed by atoms with Crippen LogP contribution in [-0.4, -0.2) is 25.3 Å². The molecule has 1 aromatic carbocycles. The zero-order valence-electron chi connectivity index (χ0n) is 11.2. The van der Waals surface area contributed by atoms with E-state index in [1.165, 1.54) is 18.4 Å². The number of hydrogen-bond acceptors (Lipinski definition) is 4. The number of benzene rings is 1. The Balaban J connectivity index is 1.61. The second-order valence-electron chi connectivity index (χ2n) is 5.43. The molecule has 2 aliphatic rings. The fourth-order valence-corrected chi connectivity index (χ4v) is 2.85. The van der Waals surface area contributed by atoms with Gasteiger partial charge in [0, 0.05) is 24.2 Å². The second-order valence-corrected chi connectivity index (χ2v) is 5.43. The molecule has 3 rings (SSSR count). The minimum absolute atomic E-state index is 0.402. The maximum Gasteiger partial charge on any atom is 0.165 e. The average Bonchev–Trinajstić information content (AvgIpc) is 2.47. The van der Waals surface area contributed by atoms with Crippen molar-refractivity contribution in [2.24, 2.45) is 5.73 Å². The molecule has 1 heterocycles. The molecule has 0 bridgehead atoms. The van der Waals surface area contributed by atoms with Crippen LogP contribution in [0.4, 0.5) is 0 Å². The number of rotatable bonds is 3. The molecule has 0 spiro atoms. The van der Waals surface area contributed by atoms with Crippen LogP contribution >= 0.6 is 0 Å². The molecule has 1 aromatic rings. The summed E-state index contributed by atoms with van der Waals surface area (Å²) in [6.45, 7) is 2.12. The van der Waals surface area contributed by atoms with Crippen LogP contribution in [-0.2, 0) is 6.54 Å². The molecule has 3 N–H and O–H groups in total. The predicted octanol–water partition coefficient (Wildman–Crippen LogP) is 1.82. The van der Waals surface area contributed by atoms with Crippen molar-refractivity contribution in [3.63, 3.8) is 0 Å². The van der Waals surface area contributed by atoms with Crippen LogP contribution in [0.2, 0.25) is 0 Å². The summed E-state index contributed by atoms with van der Waals surface area (Å²) in [5, 5.41) is 3.62. The lowest BCUT2D eigenvalue weighted by molar-refractivity contribution is 0.169. The first-order valence-corrected chi connectivity index (χ1v) is 7.19. The molecule has 1 fully saturated rings. The summed E-state index contributed by atoms with van der Waals surface area (Å²) in [4.78, 5) is 0. The van der Waals surface area contributed by atoms with Crippen molar-refractivity contribution >= 4 is 0 Å². The molecule has 0 unspecified atom stereocenters. The van der Waals surface area contributed by atoms with Gasteiger partial charge in [0.05, 0.1) is 0 Å². The van der Waals surface area contributed by atoms with E-state index in [1.807, 2.05) is 12.1 Å². The molecule has 1 saturated carbocycles. The van der Waals surface area contributed by atoms with Gasteiger partial charge in [-0.05, 0) is 31.7 Å². The highest BCUT2D eigenvalue weighted by atomic mass is 16.6. The van der Waals surface area contributed by atoms with Gasteiger partial charge in [-0.1, -0.05) is 12.1 Å². The van der Waals surface area contributed by atoms with Crippen molar-refractivity contribution in [2.75, 3.05) is 13.2 Å². The van der Waals surface area contributed by atoms with Gasteiger partial charge in [-0.2, -0.15) is 0 Å². The Morgan fingerprint density at radius 2 is 1.89 bits per heavy atom. The van der Waals surface area contributed by atoms with Crippen LogP contribution in [0.1, 0.15) is 31.2 Å². The van der Waals surface area contributed by atoms with Gasteiger partial charge in [0.2, 0.25) is 0 Å². The van der Waals surface area contributed by atoms with E-state index in [4.69, 9.17) is 15.2 Å². The molecule has 1 aliphatic carbocycles. The van der Waals surface area contributed by atoms with E-state index in [2.05, 4.69) is 11.4 Å². The Hall–Kier alpha value is -1.26. The van der Waals surface area contributed by atoms with Crippen LogP contribution in [0.3, 0.4) is 0 Å². The molecule has 4 heteroatoms. The van der Waals surface area contributed by atoms with Crippen molar-refractivity contribution in [1.29, 1.82) is 0 Å². The minimum atomic E-state index is 0.402. The Kier molecular flexibility index (Phi) is 3.89. The maximum absolute atomic E-state index is 5.93. The first-order valence-electron chi connectivity index (χ1n) is 7.19. The molecular formula is C15H22N2O2. The predicted molar refractivity (Wildman–Crippen MR) is 74.5 cm³/mol. The monoisotopic (exact) mass is 262 g/mol. The van der Waals surface area contributed by atoms with E-state index >= 15 is 0 Å². The summed E-state index contributed by atoms with van der Waals surface area (Å²) in [5.74, 6) is 1.78. The third-order valence-electron chi connectivity index (χ3n) is 4.00. The SMILES string of the molecule is NC1CCC(NCc2cccc3c2OCCO3)CC1. The molecule has 4 nitrogen and oxygen atoms in total. The van der Waals surface area contributed by atoms with Crippen LogP contribution in [0.5, 0.6) is 11.5 Å². The van der Waals surface area contributed by atoms with Gasteiger partial charge in [0.1, 0.15) is 13.2 Å². The fraction of sp³-hybridized carbons (Fsp3) is 0.600. The molecule has 1 aliphatic heterocycles. The zero-order valence-corrected chi connectivity index (χ0v) is 11.2. The first-order chi connectivity index (χ1) is 9.33. The summed E-state index contributed by atoms with van der Waals surface area (Å²) in [6, 6.07) is 7.09. The van der Waals surface area contributed by atoms with E-state index in [0.29, 0.717) is 25.3 Å². The fourth-order valence-electron chi connectivity index (χ4n) is 2.85. The van der Waals surface area contributed by atoms with Gasteiger partial charge in [-0.15, -0.1) is 0 Å². The molecule has 0 amide bonds. The Morgan fingerprint density at radius 1 is 1.11 bits per heavy atom.